The Morgan fingerprint density at radius 3 is 2.47 bits per heavy atom. The largest absolute Gasteiger partial charge is 0.493 e. The van der Waals surface area contributed by atoms with E-state index in [4.69, 9.17) is 44.9 Å². The van der Waals surface area contributed by atoms with Crippen LogP contribution in [0.5, 0.6) is 11.5 Å². The zero-order chi connectivity index (χ0) is 24.4. The van der Waals surface area contributed by atoms with Crippen molar-refractivity contribution in [2.75, 3.05) is 12.0 Å². The normalized spacial score (nSPS) is 14.7. The molecule has 4 rings (SSSR count). The molecule has 3 aromatic carbocycles. The smallest absolute Gasteiger partial charge is 0.270 e. The second kappa shape index (κ2) is 11.0. The van der Waals surface area contributed by atoms with Crippen molar-refractivity contribution in [1.82, 2.24) is 0 Å². The quantitative estimate of drug-likeness (QED) is 0.196. The standard InChI is InChI=1S/C24H15Br2Cl2NO3S2/c1-31-20-9-14(8-18(26)22(20)32-12-13-2-4-15(27)5-3-13)10-21-23(30)29(24(33)34-21)16-6-7-17(25)19(28)11-16/h2-11H,12H2,1H3/b21-10+. The summed E-state index contributed by atoms with van der Waals surface area (Å²) in [5.41, 5.74) is 2.35. The fourth-order valence-corrected chi connectivity index (χ4v) is 5.59. The number of thiocarbonyl (C=S) groups is 1. The first-order chi connectivity index (χ1) is 16.3. The molecule has 0 saturated carbocycles. The third-order valence-electron chi connectivity index (χ3n) is 4.80. The molecular formula is C24H15Br2Cl2NO3S2. The van der Waals surface area contributed by atoms with Crippen LogP contribution in [0.2, 0.25) is 10.0 Å². The number of amides is 1. The topological polar surface area (TPSA) is 38.8 Å². The van der Waals surface area contributed by atoms with Gasteiger partial charge < -0.3 is 9.47 Å². The lowest BCUT2D eigenvalue weighted by Crippen LogP contribution is -2.27. The van der Waals surface area contributed by atoms with Crippen LogP contribution in [-0.4, -0.2) is 17.3 Å². The minimum Gasteiger partial charge on any atom is -0.493 e. The van der Waals surface area contributed by atoms with Crippen molar-refractivity contribution in [3.05, 3.63) is 89.6 Å². The highest BCUT2D eigenvalue weighted by Gasteiger charge is 2.33. The number of hydrogen-bond donors (Lipinski definition) is 0. The third-order valence-corrected chi connectivity index (χ3v) is 8.18. The number of thioether (sulfide) groups is 1. The Morgan fingerprint density at radius 1 is 1.06 bits per heavy atom. The summed E-state index contributed by atoms with van der Waals surface area (Å²) in [4.78, 5) is 15.1. The van der Waals surface area contributed by atoms with Crippen LogP contribution in [0.1, 0.15) is 11.1 Å². The van der Waals surface area contributed by atoms with Gasteiger partial charge in [0.2, 0.25) is 0 Å². The lowest BCUT2D eigenvalue weighted by Gasteiger charge is -2.15. The van der Waals surface area contributed by atoms with Crippen LogP contribution in [-0.2, 0) is 11.4 Å². The van der Waals surface area contributed by atoms with Crippen molar-refractivity contribution in [3.63, 3.8) is 0 Å². The first-order valence-electron chi connectivity index (χ1n) is 9.74. The maximum absolute atomic E-state index is 13.1. The van der Waals surface area contributed by atoms with E-state index < -0.39 is 0 Å². The van der Waals surface area contributed by atoms with Gasteiger partial charge in [-0.05, 0) is 91.5 Å². The third kappa shape index (κ3) is 5.64. The van der Waals surface area contributed by atoms with Crippen molar-refractivity contribution >= 4 is 101 Å². The van der Waals surface area contributed by atoms with Crippen LogP contribution in [0.25, 0.3) is 6.08 Å². The molecule has 3 aromatic rings. The van der Waals surface area contributed by atoms with Gasteiger partial charge >= 0.3 is 0 Å². The molecule has 1 aliphatic heterocycles. The molecule has 174 valence electrons. The summed E-state index contributed by atoms with van der Waals surface area (Å²) in [5.74, 6) is 0.878. The number of nitrogens with zero attached hydrogens (tertiary/aromatic N) is 1. The molecule has 0 aliphatic carbocycles. The van der Waals surface area contributed by atoms with Gasteiger partial charge in [-0.2, -0.15) is 0 Å². The molecule has 4 nitrogen and oxygen atoms in total. The van der Waals surface area contributed by atoms with Gasteiger partial charge in [-0.15, -0.1) is 0 Å². The molecule has 34 heavy (non-hydrogen) atoms. The predicted octanol–water partition coefficient (Wildman–Crippen LogP) is 8.51. The minimum atomic E-state index is -0.216. The number of ether oxygens (including phenoxy) is 2. The zero-order valence-electron chi connectivity index (χ0n) is 17.5. The Hall–Kier alpha value is -1.55. The highest BCUT2D eigenvalue weighted by Crippen LogP contribution is 2.41. The van der Waals surface area contributed by atoms with Gasteiger partial charge in [0, 0.05) is 9.50 Å². The maximum atomic E-state index is 13.1. The Labute approximate surface area is 233 Å². The van der Waals surface area contributed by atoms with Crippen molar-refractivity contribution in [2.45, 2.75) is 6.61 Å². The second-order valence-corrected chi connectivity index (χ2v) is 11.3. The fourth-order valence-electron chi connectivity index (χ4n) is 3.17. The number of methoxy groups -OCH3 is 1. The second-order valence-electron chi connectivity index (χ2n) is 7.06. The molecule has 0 spiro atoms. The summed E-state index contributed by atoms with van der Waals surface area (Å²) in [5, 5.41) is 1.17. The van der Waals surface area contributed by atoms with Gasteiger partial charge in [0.05, 0.1) is 27.2 Å². The molecule has 0 N–H and O–H groups in total. The summed E-state index contributed by atoms with van der Waals surface area (Å²) in [6.45, 7) is 0.347. The number of rotatable bonds is 6. The average Bonchev–Trinajstić information content (AvgIpc) is 3.08. The van der Waals surface area contributed by atoms with E-state index in [-0.39, 0.29) is 5.91 Å². The summed E-state index contributed by atoms with van der Waals surface area (Å²) in [6.07, 6.45) is 1.77. The van der Waals surface area contributed by atoms with Crippen molar-refractivity contribution < 1.29 is 14.3 Å². The van der Waals surface area contributed by atoms with Crippen LogP contribution in [0.4, 0.5) is 5.69 Å². The molecule has 10 heteroatoms. The first-order valence-corrected chi connectivity index (χ1v) is 13.3. The molecule has 1 heterocycles. The molecule has 0 unspecified atom stereocenters. The van der Waals surface area contributed by atoms with Crippen LogP contribution in [0, 0.1) is 0 Å². The van der Waals surface area contributed by atoms with Crippen molar-refractivity contribution in [2.24, 2.45) is 0 Å². The number of halogens is 4. The lowest BCUT2D eigenvalue weighted by molar-refractivity contribution is -0.113. The Morgan fingerprint density at radius 2 is 1.79 bits per heavy atom. The molecule has 1 saturated heterocycles. The molecule has 1 fully saturated rings. The van der Waals surface area contributed by atoms with E-state index in [1.807, 2.05) is 36.4 Å². The number of hydrogen-bond acceptors (Lipinski definition) is 5. The number of benzene rings is 3. The van der Waals surface area contributed by atoms with Crippen molar-refractivity contribution in [3.8, 4) is 11.5 Å². The highest BCUT2D eigenvalue weighted by molar-refractivity contribution is 9.10. The number of carbonyl (C=O) groups is 1. The van der Waals surface area contributed by atoms with E-state index in [0.717, 1.165) is 15.6 Å². The van der Waals surface area contributed by atoms with Gasteiger partial charge in [-0.3, -0.25) is 9.69 Å². The van der Waals surface area contributed by atoms with Gasteiger partial charge in [0.25, 0.3) is 5.91 Å². The zero-order valence-corrected chi connectivity index (χ0v) is 23.8. The van der Waals surface area contributed by atoms with Crippen LogP contribution in [0.15, 0.2) is 68.4 Å². The lowest BCUT2D eigenvalue weighted by atomic mass is 10.1. The summed E-state index contributed by atoms with van der Waals surface area (Å²) in [7, 11) is 1.57. The summed E-state index contributed by atoms with van der Waals surface area (Å²) >= 11 is 25.8. The predicted molar refractivity (Wildman–Crippen MR) is 151 cm³/mol. The Bertz CT molecular complexity index is 1320. The fraction of sp³-hybridized carbons (Fsp3) is 0.0833. The number of anilines is 1. The highest BCUT2D eigenvalue weighted by atomic mass is 79.9. The minimum absolute atomic E-state index is 0.216. The van der Waals surface area contributed by atoms with Crippen LogP contribution < -0.4 is 14.4 Å². The molecule has 1 amide bonds. The molecule has 0 atom stereocenters. The van der Waals surface area contributed by atoms with Gasteiger partial charge in [0.1, 0.15) is 6.61 Å². The average molecular weight is 660 g/mol. The van der Waals surface area contributed by atoms with E-state index in [9.17, 15) is 4.79 Å². The van der Waals surface area contributed by atoms with Gasteiger partial charge in [-0.1, -0.05) is 59.3 Å². The van der Waals surface area contributed by atoms with E-state index in [0.29, 0.717) is 47.5 Å². The van der Waals surface area contributed by atoms with E-state index in [2.05, 4.69) is 31.9 Å². The molecule has 0 bridgehead atoms. The van der Waals surface area contributed by atoms with E-state index >= 15 is 0 Å². The maximum Gasteiger partial charge on any atom is 0.270 e. The van der Waals surface area contributed by atoms with E-state index in [1.54, 1.807) is 31.4 Å². The first kappa shape index (κ1) is 25.5. The Balaban J connectivity index is 1.58. The molecule has 1 aliphatic rings. The van der Waals surface area contributed by atoms with Gasteiger partial charge in [0.15, 0.2) is 15.8 Å². The van der Waals surface area contributed by atoms with Crippen LogP contribution in [0.3, 0.4) is 0 Å². The van der Waals surface area contributed by atoms with Crippen molar-refractivity contribution in [1.29, 1.82) is 0 Å². The van der Waals surface area contributed by atoms with Gasteiger partial charge in [-0.25, -0.2) is 0 Å². The molecule has 0 aromatic heterocycles. The summed E-state index contributed by atoms with van der Waals surface area (Å²) in [6, 6.07) is 16.4. The number of carbonyl (C=O) groups excluding carboxylic acids is 1. The SMILES string of the molecule is COc1cc(/C=C2/SC(=S)N(c3ccc(Br)c(Cl)c3)C2=O)cc(Br)c1OCc1ccc(Cl)cc1. The van der Waals surface area contributed by atoms with Crippen LogP contribution >= 0.6 is 79.0 Å². The Kier molecular flexibility index (Phi) is 8.28. The summed E-state index contributed by atoms with van der Waals surface area (Å²) < 4.78 is 13.4. The molecular weight excluding hydrogens is 645 g/mol. The monoisotopic (exact) mass is 657 g/mol. The van der Waals surface area contributed by atoms with E-state index in [1.165, 1.54) is 16.7 Å². The molecule has 0 radical (unpaired) electrons.